The van der Waals surface area contributed by atoms with Crippen LogP contribution in [0, 0.1) is 6.92 Å². The van der Waals surface area contributed by atoms with Crippen LogP contribution in [0.3, 0.4) is 0 Å². The fraction of sp³-hybridized carbons (Fsp3) is 0.188. The molecule has 3 heterocycles. The van der Waals surface area contributed by atoms with Crippen molar-refractivity contribution in [2.45, 2.75) is 12.8 Å². The maximum Gasteiger partial charge on any atom is 0.311 e. The molecule has 118 valence electrons. The van der Waals surface area contributed by atoms with E-state index >= 15 is 0 Å². The number of hydrogen-bond donors (Lipinski definition) is 0. The molecule has 0 fully saturated rings. The summed E-state index contributed by atoms with van der Waals surface area (Å²) in [6, 6.07) is 11.4. The number of nitrogens with zero attached hydrogens (tertiary/aromatic N) is 2. The van der Waals surface area contributed by atoms with Crippen LogP contribution in [0.5, 0.6) is 5.88 Å². The second kappa shape index (κ2) is 5.21. The molecule has 1 aromatic carbocycles. The Bertz CT molecular complexity index is 945. The summed E-state index contributed by atoms with van der Waals surface area (Å²) in [5.74, 6) is 0.00142. The van der Waals surface area contributed by atoms with Crippen molar-refractivity contribution < 1.29 is 12.6 Å². The average Bonchev–Trinajstić information content (AvgIpc) is 3.15. The van der Waals surface area contributed by atoms with E-state index in [1.54, 1.807) is 16.0 Å². The van der Waals surface area contributed by atoms with Crippen LogP contribution in [-0.2, 0) is 10.1 Å². The second-order valence-electron chi connectivity index (χ2n) is 5.47. The van der Waals surface area contributed by atoms with Gasteiger partial charge in [0.2, 0.25) is 5.88 Å². The lowest BCUT2D eigenvalue weighted by atomic mass is 9.95. The van der Waals surface area contributed by atoms with Crippen molar-refractivity contribution in [1.82, 2.24) is 9.78 Å². The summed E-state index contributed by atoms with van der Waals surface area (Å²) in [5, 5.41) is 8.45. The molecule has 2 aromatic heterocycles. The SMILES string of the molecule is Cc1nn(-c2ccccc2)c2c1C(c1ccsc1)CS(=O)(=O)O2. The normalized spacial score (nSPS) is 19.1. The lowest BCUT2D eigenvalue weighted by Crippen LogP contribution is -2.27. The van der Waals surface area contributed by atoms with Gasteiger partial charge in [0.1, 0.15) is 0 Å². The number of aromatic nitrogens is 2. The maximum absolute atomic E-state index is 12.3. The largest absolute Gasteiger partial charge is 0.361 e. The standard InChI is InChI=1S/C16H14N2O3S2/c1-11-15-14(12-7-8-22-9-12)10-23(19,20)21-16(15)18(17-11)13-5-3-2-4-6-13/h2-9,14H,10H2,1H3. The van der Waals surface area contributed by atoms with E-state index in [9.17, 15) is 8.42 Å². The van der Waals surface area contributed by atoms with Crippen LogP contribution in [0.2, 0.25) is 0 Å². The van der Waals surface area contributed by atoms with E-state index in [-0.39, 0.29) is 11.7 Å². The molecule has 0 bridgehead atoms. The summed E-state index contributed by atoms with van der Waals surface area (Å²) < 4.78 is 31.4. The molecule has 1 aliphatic heterocycles. The molecule has 0 saturated carbocycles. The van der Waals surface area contributed by atoms with Gasteiger partial charge in [-0.1, -0.05) is 18.2 Å². The van der Waals surface area contributed by atoms with Crippen LogP contribution < -0.4 is 4.18 Å². The highest BCUT2D eigenvalue weighted by molar-refractivity contribution is 7.87. The van der Waals surface area contributed by atoms with Gasteiger partial charge < -0.3 is 4.18 Å². The Labute approximate surface area is 138 Å². The minimum Gasteiger partial charge on any atom is -0.361 e. The van der Waals surface area contributed by atoms with E-state index in [2.05, 4.69) is 5.10 Å². The lowest BCUT2D eigenvalue weighted by molar-refractivity contribution is 0.446. The molecule has 0 radical (unpaired) electrons. The fourth-order valence-electron chi connectivity index (χ4n) is 2.92. The zero-order chi connectivity index (χ0) is 16.0. The van der Waals surface area contributed by atoms with Crippen molar-refractivity contribution >= 4 is 21.5 Å². The van der Waals surface area contributed by atoms with E-state index < -0.39 is 10.1 Å². The molecule has 0 spiro atoms. The van der Waals surface area contributed by atoms with Gasteiger partial charge in [-0.25, -0.2) is 0 Å². The predicted octanol–water partition coefficient (Wildman–Crippen LogP) is 3.10. The van der Waals surface area contributed by atoms with Crippen molar-refractivity contribution in [2.24, 2.45) is 0 Å². The number of hydrogen-bond acceptors (Lipinski definition) is 5. The van der Waals surface area contributed by atoms with Crippen molar-refractivity contribution in [3.63, 3.8) is 0 Å². The highest BCUT2D eigenvalue weighted by atomic mass is 32.2. The zero-order valence-corrected chi connectivity index (χ0v) is 14.0. The van der Waals surface area contributed by atoms with Gasteiger partial charge in [0.15, 0.2) is 0 Å². The quantitative estimate of drug-likeness (QED) is 0.669. The average molecular weight is 346 g/mol. The van der Waals surface area contributed by atoms with Gasteiger partial charge in [-0.2, -0.15) is 29.5 Å². The Morgan fingerprint density at radius 2 is 2.04 bits per heavy atom. The topological polar surface area (TPSA) is 61.2 Å². The molecule has 3 aromatic rings. The second-order valence-corrected chi connectivity index (χ2v) is 7.86. The molecule has 0 saturated heterocycles. The van der Waals surface area contributed by atoms with Gasteiger partial charge in [-0.3, -0.25) is 0 Å². The van der Waals surface area contributed by atoms with Crippen molar-refractivity contribution in [3.05, 3.63) is 64.0 Å². The summed E-state index contributed by atoms with van der Waals surface area (Å²) in [6.45, 7) is 1.89. The summed E-state index contributed by atoms with van der Waals surface area (Å²) in [5.41, 5.74) is 3.40. The van der Waals surface area contributed by atoms with Crippen molar-refractivity contribution in [2.75, 3.05) is 5.75 Å². The maximum atomic E-state index is 12.3. The Kier molecular flexibility index (Phi) is 3.28. The van der Waals surface area contributed by atoms with Gasteiger partial charge in [0, 0.05) is 11.5 Å². The molecule has 5 nitrogen and oxygen atoms in total. The highest BCUT2D eigenvalue weighted by Gasteiger charge is 2.37. The molecule has 0 amide bonds. The molecule has 0 N–H and O–H groups in total. The molecular weight excluding hydrogens is 332 g/mol. The Balaban J connectivity index is 1.95. The number of rotatable bonds is 2. The van der Waals surface area contributed by atoms with E-state index in [0.29, 0.717) is 5.88 Å². The minimum absolute atomic E-state index is 0.0575. The number of benzene rings is 1. The number of para-hydroxylation sites is 1. The monoisotopic (exact) mass is 346 g/mol. The van der Waals surface area contributed by atoms with Gasteiger partial charge in [-0.15, -0.1) is 0 Å². The van der Waals surface area contributed by atoms with Gasteiger partial charge in [0.05, 0.1) is 17.1 Å². The van der Waals surface area contributed by atoms with E-state index in [4.69, 9.17) is 4.18 Å². The molecule has 0 aliphatic carbocycles. The van der Waals surface area contributed by atoms with Crippen LogP contribution in [-0.4, -0.2) is 24.0 Å². The molecule has 4 rings (SSSR count). The van der Waals surface area contributed by atoms with E-state index in [1.807, 2.05) is 54.1 Å². The van der Waals surface area contributed by atoms with Gasteiger partial charge in [0.25, 0.3) is 0 Å². The van der Waals surface area contributed by atoms with Gasteiger partial charge in [-0.05, 0) is 41.4 Å². The van der Waals surface area contributed by atoms with Crippen LogP contribution >= 0.6 is 11.3 Å². The minimum atomic E-state index is -3.64. The third-order valence-corrected chi connectivity index (χ3v) is 5.79. The zero-order valence-electron chi connectivity index (χ0n) is 12.3. The summed E-state index contributed by atoms with van der Waals surface area (Å²) >= 11 is 1.55. The molecular formula is C16H14N2O3S2. The first-order valence-corrected chi connectivity index (χ1v) is 9.66. The lowest BCUT2D eigenvalue weighted by Gasteiger charge is -2.23. The first kappa shape index (κ1) is 14.5. The number of fused-ring (bicyclic) bond motifs is 1. The van der Waals surface area contributed by atoms with Crippen molar-refractivity contribution in [3.8, 4) is 11.6 Å². The van der Waals surface area contributed by atoms with E-state index in [0.717, 1.165) is 22.5 Å². The third kappa shape index (κ3) is 2.46. The van der Waals surface area contributed by atoms with Crippen LogP contribution in [0.1, 0.15) is 22.7 Å². The highest BCUT2D eigenvalue weighted by Crippen LogP contribution is 2.41. The molecule has 23 heavy (non-hydrogen) atoms. The Hall–Kier alpha value is -2.12. The Morgan fingerprint density at radius 3 is 2.74 bits per heavy atom. The fourth-order valence-corrected chi connectivity index (χ4v) is 4.87. The first-order chi connectivity index (χ1) is 11.1. The summed E-state index contributed by atoms with van der Waals surface area (Å²) in [7, 11) is -3.64. The van der Waals surface area contributed by atoms with Gasteiger partial charge >= 0.3 is 10.1 Å². The molecule has 1 unspecified atom stereocenters. The Morgan fingerprint density at radius 1 is 1.26 bits per heavy atom. The van der Waals surface area contributed by atoms with Crippen LogP contribution in [0.15, 0.2) is 47.2 Å². The number of aryl methyl sites for hydroxylation is 1. The predicted molar refractivity (Wildman–Crippen MR) is 88.9 cm³/mol. The first-order valence-electron chi connectivity index (χ1n) is 7.14. The summed E-state index contributed by atoms with van der Waals surface area (Å²) in [6.07, 6.45) is 0. The van der Waals surface area contributed by atoms with Crippen LogP contribution in [0.4, 0.5) is 0 Å². The van der Waals surface area contributed by atoms with Crippen molar-refractivity contribution in [1.29, 1.82) is 0 Å². The smallest absolute Gasteiger partial charge is 0.311 e. The number of thiophene rings is 1. The third-order valence-electron chi connectivity index (χ3n) is 3.93. The van der Waals surface area contributed by atoms with Crippen LogP contribution in [0.25, 0.3) is 5.69 Å². The summed E-state index contributed by atoms with van der Waals surface area (Å²) in [4.78, 5) is 0. The molecule has 1 aliphatic rings. The molecule has 7 heteroatoms. The van der Waals surface area contributed by atoms with E-state index in [1.165, 1.54) is 0 Å². The molecule has 1 atom stereocenters.